The van der Waals surface area contributed by atoms with Crippen molar-refractivity contribution in [3.63, 3.8) is 0 Å². The van der Waals surface area contributed by atoms with E-state index in [-0.39, 0.29) is 17.1 Å². The van der Waals surface area contributed by atoms with Crippen LogP contribution in [0.2, 0.25) is 0 Å². The molecular weight excluding hydrogens is 149 g/mol. The smallest absolute Gasteiger partial charge is 0.274 e. The van der Waals surface area contributed by atoms with Crippen LogP contribution in [0.25, 0.3) is 0 Å². The second-order valence-corrected chi connectivity index (χ2v) is 1.54. The Morgan fingerprint density at radius 3 is 1.50 bits per heavy atom. The quantitative estimate of drug-likeness (QED) is 0.336. The van der Waals surface area contributed by atoms with Gasteiger partial charge in [-0.3, -0.25) is 4.55 Å². The molecule has 0 atom stereocenters. The van der Waals surface area contributed by atoms with E-state index in [2.05, 4.69) is 5.14 Å². The topological polar surface area (TPSA) is 80.4 Å². The molecular formula is H3MnNO3S. The maximum absolute atomic E-state index is 8.97. The zero-order chi connectivity index (χ0) is 4.50. The Morgan fingerprint density at radius 1 is 1.50 bits per heavy atom. The van der Waals surface area contributed by atoms with Crippen LogP contribution >= 0.6 is 0 Å². The van der Waals surface area contributed by atoms with Crippen molar-refractivity contribution in [1.29, 1.82) is 0 Å². The van der Waals surface area contributed by atoms with Crippen molar-refractivity contribution in [1.82, 2.24) is 0 Å². The van der Waals surface area contributed by atoms with Crippen molar-refractivity contribution in [2.75, 3.05) is 0 Å². The molecule has 3 N–H and O–H groups in total. The fourth-order valence-electron chi connectivity index (χ4n) is 0. The molecule has 0 aliphatic rings. The van der Waals surface area contributed by atoms with Gasteiger partial charge < -0.3 is 0 Å². The van der Waals surface area contributed by atoms with E-state index in [1.165, 1.54) is 0 Å². The molecule has 6 heavy (non-hydrogen) atoms. The van der Waals surface area contributed by atoms with Gasteiger partial charge in [-0.05, 0) is 0 Å². The van der Waals surface area contributed by atoms with E-state index in [0.717, 1.165) is 0 Å². The van der Waals surface area contributed by atoms with Gasteiger partial charge in [-0.2, -0.15) is 8.42 Å². The molecule has 0 aliphatic carbocycles. The largest absolute Gasteiger partial charge is 0.330 e. The van der Waals surface area contributed by atoms with Crippen molar-refractivity contribution >= 4 is 10.3 Å². The summed E-state index contributed by atoms with van der Waals surface area (Å²) in [4.78, 5) is 0. The number of hydrogen-bond donors (Lipinski definition) is 2. The minimum absolute atomic E-state index is 0. The molecule has 0 aromatic carbocycles. The average Bonchev–Trinajstić information content (AvgIpc) is 0.722. The Hall–Kier alpha value is 0.389. The van der Waals surface area contributed by atoms with Gasteiger partial charge in [-0.15, -0.1) is 0 Å². The van der Waals surface area contributed by atoms with Crippen LogP contribution < -0.4 is 5.14 Å². The van der Waals surface area contributed by atoms with Gasteiger partial charge in [0, 0.05) is 17.1 Å². The summed E-state index contributed by atoms with van der Waals surface area (Å²) >= 11 is 0. The van der Waals surface area contributed by atoms with Crippen molar-refractivity contribution < 1.29 is 30.0 Å². The van der Waals surface area contributed by atoms with E-state index >= 15 is 0 Å². The molecule has 0 unspecified atom stereocenters. The molecule has 0 bridgehead atoms. The van der Waals surface area contributed by atoms with Crippen LogP contribution in [0.5, 0.6) is 0 Å². The Kier molecular flexibility index (Phi) is 4.08. The zero-order valence-electron chi connectivity index (χ0n) is 2.63. The first-order valence-electron chi connectivity index (χ1n) is 0.752. The predicted molar refractivity (Wildman–Crippen MR) is 15.7 cm³/mol. The first-order valence-corrected chi connectivity index (χ1v) is 2.25. The van der Waals surface area contributed by atoms with Crippen molar-refractivity contribution in [3.8, 4) is 0 Å². The second-order valence-electron chi connectivity index (χ2n) is 0.515. The summed E-state index contributed by atoms with van der Waals surface area (Å²) in [5, 5.41) is 3.88. The van der Waals surface area contributed by atoms with E-state index in [0.29, 0.717) is 0 Å². The van der Waals surface area contributed by atoms with Crippen LogP contribution in [0.15, 0.2) is 0 Å². The van der Waals surface area contributed by atoms with Gasteiger partial charge in [0.05, 0.1) is 0 Å². The molecule has 0 fully saturated rings. The Bertz CT molecular complexity index is 94.0. The molecule has 0 spiro atoms. The summed E-state index contributed by atoms with van der Waals surface area (Å²) in [7, 11) is -4.17. The van der Waals surface area contributed by atoms with Crippen LogP contribution in [-0.2, 0) is 27.4 Å². The van der Waals surface area contributed by atoms with E-state index < -0.39 is 10.3 Å². The average molecular weight is 152 g/mol. The molecule has 0 amide bonds. The van der Waals surface area contributed by atoms with E-state index in [9.17, 15) is 0 Å². The Balaban J connectivity index is 0. The van der Waals surface area contributed by atoms with Gasteiger partial charge in [0.1, 0.15) is 0 Å². The number of rotatable bonds is 0. The van der Waals surface area contributed by atoms with Crippen LogP contribution in [0.3, 0.4) is 0 Å². The fraction of sp³-hybridized carbons (Fsp3) is 0. The third-order valence-electron chi connectivity index (χ3n) is 0. The summed E-state index contributed by atoms with van der Waals surface area (Å²) in [5.74, 6) is 0. The van der Waals surface area contributed by atoms with Gasteiger partial charge in [0.2, 0.25) is 0 Å². The fourth-order valence-corrected chi connectivity index (χ4v) is 0. The van der Waals surface area contributed by atoms with Gasteiger partial charge in [-0.25, -0.2) is 5.14 Å². The molecule has 0 saturated heterocycles. The monoisotopic (exact) mass is 152 g/mol. The van der Waals surface area contributed by atoms with Crippen molar-refractivity contribution in [3.05, 3.63) is 0 Å². The maximum Gasteiger partial charge on any atom is 0.330 e. The molecule has 0 heterocycles. The molecule has 0 saturated carbocycles. The van der Waals surface area contributed by atoms with Crippen molar-refractivity contribution in [2.24, 2.45) is 5.14 Å². The molecule has 39 valence electrons. The molecule has 0 aromatic heterocycles. The summed E-state index contributed by atoms with van der Waals surface area (Å²) in [6.07, 6.45) is 0. The summed E-state index contributed by atoms with van der Waals surface area (Å²) in [6.45, 7) is 0. The molecule has 4 nitrogen and oxygen atoms in total. The van der Waals surface area contributed by atoms with Gasteiger partial charge >= 0.3 is 10.3 Å². The first-order chi connectivity index (χ1) is 2.00. The third-order valence-corrected chi connectivity index (χ3v) is 0. The minimum Gasteiger partial charge on any atom is -0.274 e. The minimum atomic E-state index is -4.17. The van der Waals surface area contributed by atoms with Crippen LogP contribution in [-0.4, -0.2) is 13.0 Å². The Labute approximate surface area is 46.1 Å². The van der Waals surface area contributed by atoms with Gasteiger partial charge in [-0.1, -0.05) is 0 Å². The zero-order valence-corrected chi connectivity index (χ0v) is 4.62. The molecule has 1 radical (unpaired) electrons. The van der Waals surface area contributed by atoms with Gasteiger partial charge in [0.15, 0.2) is 0 Å². The molecule has 0 rings (SSSR count). The summed E-state index contributed by atoms with van der Waals surface area (Å²) in [6, 6.07) is 0. The maximum atomic E-state index is 8.97. The SMILES string of the molecule is NS(=O)(=O)O.[Mn]. The first kappa shape index (κ1) is 9.63. The van der Waals surface area contributed by atoms with Crippen LogP contribution in [0, 0.1) is 0 Å². The normalized spacial score (nSPS) is 9.67. The standard InChI is InChI=1S/Mn.H3NO3S/c;1-5(2,3)4/h;(H3,1,2,3,4). The van der Waals surface area contributed by atoms with Crippen LogP contribution in [0.4, 0.5) is 0 Å². The third kappa shape index (κ3) is 332. The molecule has 0 aromatic rings. The van der Waals surface area contributed by atoms with Crippen LogP contribution in [0.1, 0.15) is 0 Å². The number of nitrogens with two attached hydrogens (primary N) is 1. The molecule has 6 heteroatoms. The number of hydrogen-bond acceptors (Lipinski definition) is 2. The summed E-state index contributed by atoms with van der Waals surface area (Å²) in [5.41, 5.74) is 0. The van der Waals surface area contributed by atoms with E-state index in [1.54, 1.807) is 0 Å². The second kappa shape index (κ2) is 2.54. The van der Waals surface area contributed by atoms with E-state index in [1.807, 2.05) is 0 Å². The predicted octanol–water partition coefficient (Wildman–Crippen LogP) is -1.25. The van der Waals surface area contributed by atoms with Gasteiger partial charge in [0.25, 0.3) is 0 Å². The van der Waals surface area contributed by atoms with Crippen molar-refractivity contribution in [2.45, 2.75) is 0 Å². The van der Waals surface area contributed by atoms with E-state index in [4.69, 9.17) is 13.0 Å². The summed E-state index contributed by atoms with van der Waals surface area (Å²) < 4.78 is 25.2. The Morgan fingerprint density at radius 2 is 1.50 bits per heavy atom. The molecule has 0 aliphatic heterocycles.